The van der Waals surface area contributed by atoms with Crippen LogP contribution in [0, 0.1) is 5.41 Å². The standard InChI is InChI=1S/C14H24O/c1-5-6-8-11(2)12(3)14(4)10-7-9-13(14)15/h5-10H2,1-4H3. The number of Topliss-reactive ketones (excluding diaryl/α,β-unsaturated/α-hetero) is 1. The van der Waals surface area contributed by atoms with Crippen LogP contribution >= 0.6 is 0 Å². The zero-order valence-electron chi connectivity index (χ0n) is 10.7. The molecule has 1 rings (SSSR count). The molecule has 15 heavy (non-hydrogen) atoms. The zero-order chi connectivity index (χ0) is 11.5. The minimum absolute atomic E-state index is 0.127. The molecule has 1 aliphatic rings. The molecule has 0 spiro atoms. The van der Waals surface area contributed by atoms with Crippen molar-refractivity contribution in [1.82, 2.24) is 0 Å². The molecule has 0 amide bonds. The number of carbonyl (C=O) groups excluding carboxylic acids is 1. The summed E-state index contributed by atoms with van der Waals surface area (Å²) in [7, 11) is 0. The molecular formula is C14H24O. The predicted molar refractivity (Wildman–Crippen MR) is 64.9 cm³/mol. The zero-order valence-corrected chi connectivity index (χ0v) is 10.7. The smallest absolute Gasteiger partial charge is 0.142 e. The Bertz CT molecular complexity index is 275. The molecule has 86 valence electrons. The first-order chi connectivity index (χ1) is 7.02. The lowest BCUT2D eigenvalue weighted by Gasteiger charge is -2.25. The molecule has 1 heteroatoms. The highest BCUT2D eigenvalue weighted by atomic mass is 16.1. The van der Waals surface area contributed by atoms with E-state index in [1.54, 1.807) is 0 Å². The molecule has 0 bridgehead atoms. The highest BCUT2D eigenvalue weighted by Crippen LogP contribution is 2.42. The Morgan fingerprint density at radius 1 is 1.40 bits per heavy atom. The van der Waals surface area contributed by atoms with Crippen LogP contribution in [0.4, 0.5) is 0 Å². The highest BCUT2D eigenvalue weighted by Gasteiger charge is 2.39. The summed E-state index contributed by atoms with van der Waals surface area (Å²) in [6.45, 7) is 8.70. The van der Waals surface area contributed by atoms with Crippen molar-refractivity contribution in [2.75, 3.05) is 0 Å². The third kappa shape index (κ3) is 2.50. The molecule has 1 fully saturated rings. The summed E-state index contributed by atoms with van der Waals surface area (Å²) < 4.78 is 0. The van der Waals surface area contributed by atoms with Crippen molar-refractivity contribution in [3.05, 3.63) is 11.1 Å². The molecule has 0 aromatic rings. The number of hydrogen-bond acceptors (Lipinski definition) is 1. The average molecular weight is 208 g/mol. The van der Waals surface area contributed by atoms with Gasteiger partial charge in [-0.25, -0.2) is 0 Å². The summed E-state index contributed by atoms with van der Waals surface area (Å²) in [6, 6.07) is 0. The summed E-state index contributed by atoms with van der Waals surface area (Å²) in [5, 5.41) is 0. The lowest BCUT2D eigenvalue weighted by molar-refractivity contribution is -0.123. The van der Waals surface area contributed by atoms with Crippen molar-refractivity contribution >= 4 is 5.78 Å². The van der Waals surface area contributed by atoms with Gasteiger partial charge < -0.3 is 0 Å². The van der Waals surface area contributed by atoms with E-state index in [2.05, 4.69) is 27.7 Å². The highest BCUT2D eigenvalue weighted by molar-refractivity contribution is 5.89. The number of ketones is 1. The summed E-state index contributed by atoms with van der Waals surface area (Å²) in [5.74, 6) is 0.454. The van der Waals surface area contributed by atoms with Crippen molar-refractivity contribution in [3.63, 3.8) is 0 Å². The molecule has 1 unspecified atom stereocenters. The number of allylic oxidation sites excluding steroid dienone is 2. The van der Waals surface area contributed by atoms with Gasteiger partial charge in [-0.15, -0.1) is 0 Å². The minimum Gasteiger partial charge on any atom is -0.299 e. The van der Waals surface area contributed by atoms with Gasteiger partial charge in [-0.1, -0.05) is 24.5 Å². The second-order valence-electron chi connectivity index (χ2n) is 5.12. The fraction of sp³-hybridized carbons (Fsp3) is 0.786. The van der Waals surface area contributed by atoms with Gasteiger partial charge in [0.15, 0.2) is 0 Å². The number of hydrogen-bond donors (Lipinski definition) is 0. The summed E-state index contributed by atoms with van der Waals surface area (Å²) >= 11 is 0. The second-order valence-corrected chi connectivity index (χ2v) is 5.12. The van der Waals surface area contributed by atoms with Crippen LogP contribution in [0.1, 0.15) is 66.2 Å². The van der Waals surface area contributed by atoms with Crippen LogP contribution in [0.3, 0.4) is 0 Å². The van der Waals surface area contributed by atoms with Gasteiger partial charge >= 0.3 is 0 Å². The molecule has 0 N–H and O–H groups in total. The molecule has 0 saturated heterocycles. The number of carbonyl (C=O) groups is 1. The fourth-order valence-corrected chi connectivity index (χ4v) is 2.51. The summed E-state index contributed by atoms with van der Waals surface area (Å²) in [6.07, 6.45) is 6.55. The molecular weight excluding hydrogens is 184 g/mol. The maximum absolute atomic E-state index is 11.9. The summed E-state index contributed by atoms with van der Waals surface area (Å²) in [5.41, 5.74) is 2.66. The van der Waals surface area contributed by atoms with Gasteiger partial charge in [-0.2, -0.15) is 0 Å². The summed E-state index contributed by atoms with van der Waals surface area (Å²) in [4.78, 5) is 11.9. The molecule has 1 saturated carbocycles. The minimum atomic E-state index is -0.127. The maximum Gasteiger partial charge on any atom is 0.142 e. The van der Waals surface area contributed by atoms with Crippen molar-refractivity contribution in [1.29, 1.82) is 0 Å². The Balaban J connectivity index is 2.81. The van der Waals surface area contributed by atoms with Crippen LogP contribution in [-0.4, -0.2) is 5.78 Å². The Hall–Kier alpha value is -0.590. The van der Waals surface area contributed by atoms with Crippen LogP contribution in [0.5, 0.6) is 0 Å². The van der Waals surface area contributed by atoms with Crippen molar-refractivity contribution < 1.29 is 4.79 Å². The molecule has 0 radical (unpaired) electrons. The van der Waals surface area contributed by atoms with Gasteiger partial charge in [0.25, 0.3) is 0 Å². The molecule has 0 heterocycles. The van der Waals surface area contributed by atoms with Crippen LogP contribution in [0.15, 0.2) is 11.1 Å². The predicted octanol–water partition coefficient (Wildman–Crippen LogP) is 4.27. The van der Waals surface area contributed by atoms with Gasteiger partial charge in [0.2, 0.25) is 0 Å². The topological polar surface area (TPSA) is 17.1 Å². The van der Waals surface area contributed by atoms with E-state index in [-0.39, 0.29) is 5.41 Å². The van der Waals surface area contributed by atoms with Gasteiger partial charge in [0.1, 0.15) is 5.78 Å². The Kier molecular flexibility index (Phi) is 4.12. The van der Waals surface area contributed by atoms with E-state index < -0.39 is 0 Å². The van der Waals surface area contributed by atoms with Crippen LogP contribution in [0.2, 0.25) is 0 Å². The second kappa shape index (κ2) is 4.96. The number of unbranched alkanes of at least 4 members (excludes halogenated alkanes) is 1. The van der Waals surface area contributed by atoms with Crippen LogP contribution in [0.25, 0.3) is 0 Å². The average Bonchev–Trinajstić information content (AvgIpc) is 2.56. The van der Waals surface area contributed by atoms with E-state index in [0.29, 0.717) is 5.78 Å². The molecule has 0 aliphatic heterocycles. The largest absolute Gasteiger partial charge is 0.299 e. The van der Waals surface area contributed by atoms with Gasteiger partial charge in [0.05, 0.1) is 0 Å². The van der Waals surface area contributed by atoms with Crippen molar-refractivity contribution in [3.8, 4) is 0 Å². The van der Waals surface area contributed by atoms with Crippen molar-refractivity contribution in [2.24, 2.45) is 5.41 Å². The van der Waals surface area contributed by atoms with Gasteiger partial charge in [-0.05, 0) is 46.5 Å². The van der Waals surface area contributed by atoms with Crippen LogP contribution in [-0.2, 0) is 4.79 Å². The third-order valence-electron chi connectivity index (χ3n) is 4.07. The van der Waals surface area contributed by atoms with Gasteiger partial charge in [-0.3, -0.25) is 4.79 Å². The molecule has 0 aromatic carbocycles. The van der Waals surface area contributed by atoms with E-state index in [1.807, 2.05) is 0 Å². The Labute approximate surface area is 93.9 Å². The Morgan fingerprint density at radius 3 is 2.53 bits per heavy atom. The first-order valence-corrected chi connectivity index (χ1v) is 6.22. The first-order valence-electron chi connectivity index (χ1n) is 6.22. The van der Waals surface area contributed by atoms with E-state index in [0.717, 1.165) is 25.7 Å². The maximum atomic E-state index is 11.9. The molecule has 0 aromatic heterocycles. The first kappa shape index (κ1) is 12.5. The molecule has 1 atom stereocenters. The molecule has 1 aliphatic carbocycles. The normalized spacial score (nSPS) is 28.1. The quantitative estimate of drug-likeness (QED) is 0.630. The van der Waals surface area contributed by atoms with E-state index >= 15 is 0 Å². The van der Waals surface area contributed by atoms with E-state index in [1.165, 1.54) is 24.0 Å². The van der Waals surface area contributed by atoms with Gasteiger partial charge in [0, 0.05) is 11.8 Å². The lowest BCUT2D eigenvalue weighted by Crippen LogP contribution is -2.23. The number of rotatable bonds is 4. The fourth-order valence-electron chi connectivity index (χ4n) is 2.51. The van der Waals surface area contributed by atoms with E-state index in [9.17, 15) is 4.79 Å². The molecule has 1 nitrogen and oxygen atoms in total. The van der Waals surface area contributed by atoms with E-state index in [4.69, 9.17) is 0 Å². The Morgan fingerprint density at radius 2 is 2.07 bits per heavy atom. The third-order valence-corrected chi connectivity index (χ3v) is 4.07. The van der Waals surface area contributed by atoms with Crippen molar-refractivity contribution in [2.45, 2.75) is 66.2 Å². The monoisotopic (exact) mass is 208 g/mol. The SMILES string of the molecule is CCCCC(C)=C(C)C1(C)CCCC1=O. The lowest BCUT2D eigenvalue weighted by atomic mass is 9.77. The van der Waals surface area contributed by atoms with Crippen LogP contribution < -0.4 is 0 Å².